The summed E-state index contributed by atoms with van der Waals surface area (Å²) >= 11 is 7.54. The first kappa shape index (κ1) is 27.8. The summed E-state index contributed by atoms with van der Waals surface area (Å²) in [6.45, 7) is 4.18. The van der Waals surface area contributed by atoms with Crippen LogP contribution in [0.2, 0.25) is 5.02 Å². The number of benzene rings is 3. The lowest BCUT2D eigenvalue weighted by Gasteiger charge is -2.32. The van der Waals surface area contributed by atoms with E-state index in [-0.39, 0.29) is 36.6 Å². The number of halogens is 2. The van der Waals surface area contributed by atoms with Gasteiger partial charge < -0.3 is 10.2 Å². The maximum absolute atomic E-state index is 13.6. The normalized spacial score (nSPS) is 12.6. The Hall–Kier alpha value is -2.83. The van der Waals surface area contributed by atoms with E-state index in [9.17, 15) is 14.0 Å². The zero-order valence-corrected chi connectivity index (χ0v) is 22.2. The fourth-order valence-electron chi connectivity index (χ4n) is 3.71. The van der Waals surface area contributed by atoms with Gasteiger partial charge in [0.2, 0.25) is 11.8 Å². The lowest BCUT2D eigenvalue weighted by molar-refractivity contribution is -0.141. The van der Waals surface area contributed by atoms with E-state index in [1.807, 2.05) is 68.4 Å². The molecule has 0 aliphatic heterocycles. The first-order valence-corrected chi connectivity index (χ1v) is 13.5. The molecule has 0 spiro atoms. The lowest BCUT2D eigenvalue weighted by atomic mass is 10.0. The predicted molar refractivity (Wildman–Crippen MR) is 146 cm³/mol. The number of nitrogens with zero attached hydrogens (tertiary/aromatic N) is 1. The largest absolute Gasteiger partial charge is 0.352 e. The summed E-state index contributed by atoms with van der Waals surface area (Å²) in [5.41, 5.74) is 1.73. The highest BCUT2D eigenvalue weighted by molar-refractivity contribution is 7.99. The monoisotopic (exact) mass is 526 g/mol. The molecule has 190 valence electrons. The molecule has 3 rings (SSSR count). The van der Waals surface area contributed by atoms with Crippen molar-refractivity contribution in [2.24, 2.45) is 0 Å². The van der Waals surface area contributed by atoms with Crippen LogP contribution in [0.15, 0.2) is 83.8 Å². The van der Waals surface area contributed by atoms with E-state index in [0.717, 1.165) is 22.4 Å². The maximum Gasteiger partial charge on any atom is 0.243 e. The van der Waals surface area contributed by atoms with Crippen molar-refractivity contribution in [3.05, 3.63) is 101 Å². The fraction of sp³-hybridized carbons (Fsp3) is 0.310. The minimum Gasteiger partial charge on any atom is -0.352 e. The van der Waals surface area contributed by atoms with Gasteiger partial charge >= 0.3 is 0 Å². The summed E-state index contributed by atoms with van der Waals surface area (Å²) in [5, 5.41) is 3.72. The third-order valence-corrected chi connectivity index (χ3v) is 7.20. The number of nitrogens with one attached hydrogen (secondary N) is 1. The van der Waals surface area contributed by atoms with Crippen LogP contribution >= 0.6 is 23.4 Å². The van der Waals surface area contributed by atoms with Crippen LogP contribution in [0.3, 0.4) is 0 Å². The van der Waals surface area contributed by atoms with Gasteiger partial charge in [0.05, 0.1) is 0 Å². The Bertz CT molecular complexity index is 1110. The first-order valence-electron chi connectivity index (χ1n) is 12.1. The Morgan fingerprint density at radius 2 is 1.64 bits per heavy atom. The number of hydrogen-bond acceptors (Lipinski definition) is 3. The van der Waals surface area contributed by atoms with E-state index in [2.05, 4.69) is 5.32 Å². The predicted octanol–water partition coefficient (Wildman–Crippen LogP) is 6.52. The van der Waals surface area contributed by atoms with Crippen LogP contribution in [0.4, 0.5) is 4.39 Å². The highest BCUT2D eigenvalue weighted by Gasteiger charge is 2.30. The van der Waals surface area contributed by atoms with Crippen LogP contribution in [0.25, 0.3) is 0 Å². The topological polar surface area (TPSA) is 49.4 Å². The minimum atomic E-state index is -0.695. The van der Waals surface area contributed by atoms with Crippen molar-refractivity contribution in [2.45, 2.75) is 56.6 Å². The molecule has 36 heavy (non-hydrogen) atoms. The molecule has 0 radical (unpaired) electrons. The summed E-state index contributed by atoms with van der Waals surface area (Å²) in [4.78, 5) is 29.7. The van der Waals surface area contributed by atoms with E-state index >= 15 is 0 Å². The van der Waals surface area contributed by atoms with E-state index < -0.39 is 6.04 Å². The first-order chi connectivity index (χ1) is 17.4. The van der Waals surface area contributed by atoms with Crippen molar-refractivity contribution < 1.29 is 14.0 Å². The van der Waals surface area contributed by atoms with Crippen molar-refractivity contribution in [3.8, 4) is 0 Å². The molecular weight excluding hydrogens is 495 g/mol. The molecule has 0 saturated heterocycles. The summed E-state index contributed by atoms with van der Waals surface area (Å²) in [6.07, 6.45) is 1.43. The van der Waals surface area contributed by atoms with Crippen LogP contribution < -0.4 is 5.32 Å². The van der Waals surface area contributed by atoms with Crippen molar-refractivity contribution >= 4 is 35.2 Å². The minimum absolute atomic E-state index is 0.0148. The Morgan fingerprint density at radius 3 is 2.28 bits per heavy atom. The highest BCUT2D eigenvalue weighted by Crippen LogP contribution is 2.23. The van der Waals surface area contributed by atoms with Crippen LogP contribution in [0, 0.1) is 5.82 Å². The second kappa shape index (κ2) is 14.0. The molecule has 0 unspecified atom stereocenters. The standard InChI is InChI=1S/C29H32ClFN2O2S/c1-3-21(2)32-29(35)27(19-22-7-5-4-6-8-22)33(20-23-9-13-25(31)14-10-23)28(34)17-18-36-26-15-11-24(30)12-16-26/h4-16,21,27H,3,17-20H2,1-2H3,(H,32,35)/t21-,27-/m1/s1. The molecular formula is C29H32ClFN2O2S. The molecule has 0 aliphatic rings. The zero-order valence-electron chi connectivity index (χ0n) is 20.6. The van der Waals surface area contributed by atoms with Crippen LogP contribution in [-0.2, 0) is 22.6 Å². The second-order valence-electron chi connectivity index (χ2n) is 8.72. The summed E-state index contributed by atoms with van der Waals surface area (Å²) in [7, 11) is 0. The van der Waals surface area contributed by atoms with E-state index in [0.29, 0.717) is 17.2 Å². The number of amides is 2. The molecule has 0 saturated carbocycles. The summed E-state index contributed by atoms with van der Waals surface area (Å²) in [5.74, 6) is -0.0906. The van der Waals surface area contributed by atoms with E-state index in [1.54, 1.807) is 28.8 Å². The average molecular weight is 527 g/mol. The molecule has 0 bridgehead atoms. The van der Waals surface area contributed by atoms with Crippen LogP contribution in [-0.4, -0.2) is 34.6 Å². The van der Waals surface area contributed by atoms with E-state index in [4.69, 9.17) is 11.6 Å². The highest BCUT2D eigenvalue weighted by atomic mass is 35.5. The van der Waals surface area contributed by atoms with Crippen LogP contribution in [0.1, 0.15) is 37.8 Å². The summed E-state index contributed by atoms with van der Waals surface area (Å²) in [6, 6.07) is 22.5. The Labute approximate surface area is 222 Å². The molecule has 4 nitrogen and oxygen atoms in total. The van der Waals surface area contributed by atoms with Gasteiger partial charge in [-0.25, -0.2) is 4.39 Å². The molecule has 1 N–H and O–H groups in total. The number of thioether (sulfide) groups is 1. The third kappa shape index (κ3) is 8.68. The number of rotatable bonds is 12. The zero-order chi connectivity index (χ0) is 25.9. The summed E-state index contributed by atoms with van der Waals surface area (Å²) < 4.78 is 13.5. The van der Waals surface area contributed by atoms with Gasteiger partial charge in [0.25, 0.3) is 0 Å². The quantitative estimate of drug-likeness (QED) is 0.273. The Morgan fingerprint density at radius 1 is 0.972 bits per heavy atom. The maximum atomic E-state index is 13.6. The van der Waals surface area contributed by atoms with Gasteiger partial charge in [-0.2, -0.15) is 0 Å². The molecule has 3 aromatic rings. The second-order valence-corrected chi connectivity index (χ2v) is 10.3. The average Bonchev–Trinajstić information content (AvgIpc) is 2.88. The molecule has 7 heteroatoms. The van der Waals surface area contributed by atoms with Crippen molar-refractivity contribution in [3.63, 3.8) is 0 Å². The molecule has 2 amide bonds. The molecule has 0 aromatic heterocycles. The SMILES string of the molecule is CC[C@@H](C)NC(=O)[C@@H](Cc1ccccc1)N(Cc1ccc(F)cc1)C(=O)CCSc1ccc(Cl)cc1. The van der Waals surface area contributed by atoms with Crippen molar-refractivity contribution in [2.75, 3.05) is 5.75 Å². The molecule has 2 atom stereocenters. The molecule has 0 aliphatic carbocycles. The van der Waals surface area contributed by atoms with Crippen molar-refractivity contribution in [1.29, 1.82) is 0 Å². The number of carbonyl (C=O) groups excluding carboxylic acids is 2. The number of hydrogen-bond donors (Lipinski definition) is 1. The Balaban J connectivity index is 1.84. The van der Waals surface area contributed by atoms with Crippen molar-refractivity contribution in [1.82, 2.24) is 10.2 Å². The van der Waals surface area contributed by atoms with Crippen LogP contribution in [0.5, 0.6) is 0 Å². The van der Waals surface area contributed by atoms with Gasteiger partial charge in [-0.05, 0) is 60.9 Å². The molecule has 3 aromatic carbocycles. The van der Waals surface area contributed by atoms with Gasteiger partial charge in [0, 0.05) is 41.1 Å². The third-order valence-electron chi connectivity index (χ3n) is 5.94. The van der Waals surface area contributed by atoms with Gasteiger partial charge in [-0.1, -0.05) is 61.0 Å². The van der Waals surface area contributed by atoms with Gasteiger partial charge in [-0.15, -0.1) is 11.8 Å². The van der Waals surface area contributed by atoms with Gasteiger partial charge in [0.15, 0.2) is 0 Å². The fourth-order valence-corrected chi connectivity index (χ4v) is 4.68. The van der Waals surface area contributed by atoms with E-state index in [1.165, 1.54) is 12.1 Å². The smallest absolute Gasteiger partial charge is 0.243 e. The lowest BCUT2D eigenvalue weighted by Crippen LogP contribution is -2.52. The molecule has 0 heterocycles. The van der Waals surface area contributed by atoms with Gasteiger partial charge in [-0.3, -0.25) is 9.59 Å². The number of carbonyl (C=O) groups is 2. The Kier molecular flexibility index (Phi) is 10.8. The molecule has 0 fully saturated rings. The van der Waals surface area contributed by atoms with Gasteiger partial charge in [0.1, 0.15) is 11.9 Å².